The summed E-state index contributed by atoms with van der Waals surface area (Å²) in [4.78, 5) is 15.3. The Morgan fingerprint density at radius 2 is 1.86 bits per heavy atom. The zero-order chi connectivity index (χ0) is 20.4. The number of rotatable bonds is 9. The fourth-order valence-electron chi connectivity index (χ4n) is 4.37. The molecule has 29 heavy (non-hydrogen) atoms. The minimum atomic E-state index is -0.0300. The minimum Gasteiger partial charge on any atom is -0.508 e. The van der Waals surface area contributed by atoms with E-state index >= 15 is 0 Å². The van der Waals surface area contributed by atoms with E-state index < -0.39 is 0 Å². The average molecular weight is 393 g/mol. The normalized spacial score (nSPS) is 24.3. The van der Waals surface area contributed by atoms with Crippen LogP contribution in [0.5, 0.6) is 5.75 Å². The number of nitrogens with one attached hydrogen (secondary N) is 1. The molecule has 0 bridgehead atoms. The van der Waals surface area contributed by atoms with Crippen LogP contribution < -0.4 is 5.32 Å². The van der Waals surface area contributed by atoms with Crippen molar-refractivity contribution in [1.29, 1.82) is 0 Å². The Balaban J connectivity index is 1.37. The maximum Gasteiger partial charge on any atom is 0.224 e. The summed E-state index contributed by atoms with van der Waals surface area (Å²) in [5, 5.41) is 12.8. The fourth-order valence-corrected chi connectivity index (χ4v) is 4.37. The zero-order valence-electron chi connectivity index (χ0n) is 17.5. The number of carbonyl (C=O) groups excluding carboxylic acids is 1. The highest BCUT2D eigenvalue weighted by molar-refractivity contribution is 5.84. The van der Waals surface area contributed by atoms with Gasteiger partial charge in [0.25, 0.3) is 0 Å². The van der Waals surface area contributed by atoms with Crippen LogP contribution in [0.2, 0.25) is 0 Å². The molecule has 4 heteroatoms. The molecule has 154 valence electrons. The summed E-state index contributed by atoms with van der Waals surface area (Å²) >= 11 is 0. The van der Waals surface area contributed by atoms with Crippen LogP contribution in [0, 0.1) is 11.8 Å². The molecule has 1 unspecified atom stereocenters. The van der Waals surface area contributed by atoms with Crippen LogP contribution in [0.1, 0.15) is 37.3 Å². The van der Waals surface area contributed by atoms with Gasteiger partial charge in [0.05, 0.1) is 0 Å². The van der Waals surface area contributed by atoms with Gasteiger partial charge < -0.3 is 15.3 Å². The molecular weight excluding hydrogens is 360 g/mol. The van der Waals surface area contributed by atoms with Gasteiger partial charge in [-0.3, -0.25) is 4.79 Å². The highest BCUT2D eigenvalue weighted by Crippen LogP contribution is 2.53. The number of aromatic hydroxyl groups is 1. The summed E-state index contributed by atoms with van der Waals surface area (Å²) in [7, 11) is 2.17. The number of phenols is 1. The molecule has 0 aromatic heterocycles. The second-order valence-corrected chi connectivity index (χ2v) is 9.19. The van der Waals surface area contributed by atoms with Crippen molar-refractivity contribution >= 4 is 5.91 Å². The summed E-state index contributed by atoms with van der Waals surface area (Å²) in [6, 6.07) is 18.1. The van der Waals surface area contributed by atoms with Crippen molar-refractivity contribution in [1.82, 2.24) is 10.2 Å². The molecule has 0 radical (unpaired) electrons. The van der Waals surface area contributed by atoms with Crippen LogP contribution in [0.25, 0.3) is 0 Å². The molecule has 2 aliphatic rings. The molecule has 2 fully saturated rings. The number of carbonyl (C=O) groups is 1. The van der Waals surface area contributed by atoms with E-state index in [2.05, 4.69) is 36.3 Å². The summed E-state index contributed by atoms with van der Waals surface area (Å²) in [5.41, 5.74) is 2.41. The van der Waals surface area contributed by atoms with Gasteiger partial charge in [-0.25, -0.2) is 0 Å². The summed E-state index contributed by atoms with van der Waals surface area (Å²) in [6.07, 6.45) is 4.42. The van der Waals surface area contributed by atoms with E-state index in [9.17, 15) is 9.90 Å². The molecule has 4 nitrogen and oxygen atoms in total. The summed E-state index contributed by atoms with van der Waals surface area (Å²) in [5.74, 6) is 1.33. The van der Waals surface area contributed by atoms with Gasteiger partial charge in [-0.2, -0.15) is 0 Å². The molecule has 2 saturated carbocycles. The first kappa shape index (κ1) is 20.0. The van der Waals surface area contributed by atoms with Crippen molar-refractivity contribution in [2.45, 2.75) is 44.1 Å². The van der Waals surface area contributed by atoms with E-state index in [1.807, 2.05) is 30.3 Å². The van der Waals surface area contributed by atoms with E-state index in [4.69, 9.17) is 0 Å². The largest absolute Gasteiger partial charge is 0.508 e. The predicted octanol–water partition coefficient (Wildman–Crippen LogP) is 3.74. The highest BCUT2D eigenvalue weighted by atomic mass is 16.3. The first-order valence-corrected chi connectivity index (χ1v) is 10.8. The molecule has 0 heterocycles. The molecule has 1 amide bonds. The monoisotopic (exact) mass is 392 g/mol. The Hall–Kier alpha value is -2.33. The van der Waals surface area contributed by atoms with E-state index in [0.717, 1.165) is 25.3 Å². The Morgan fingerprint density at radius 3 is 2.52 bits per heavy atom. The molecule has 2 N–H and O–H groups in total. The van der Waals surface area contributed by atoms with Gasteiger partial charge >= 0.3 is 0 Å². The lowest BCUT2D eigenvalue weighted by Gasteiger charge is -2.29. The van der Waals surface area contributed by atoms with Gasteiger partial charge in [0.15, 0.2) is 0 Å². The Kier molecular flexibility index (Phi) is 5.64. The molecule has 0 aliphatic heterocycles. The quantitative estimate of drug-likeness (QED) is 0.684. The predicted molar refractivity (Wildman–Crippen MR) is 116 cm³/mol. The van der Waals surface area contributed by atoms with Crippen LogP contribution >= 0.6 is 0 Å². The molecule has 0 spiro atoms. The van der Waals surface area contributed by atoms with E-state index in [0.29, 0.717) is 12.3 Å². The molecule has 2 aliphatic carbocycles. The van der Waals surface area contributed by atoms with E-state index in [1.54, 1.807) is 12.1 Å². The Bertz CT molecular complexity index is 832. The fraction of sp³-hybridized carbons (Fsp3) is 0.480. The maximum absolute atomic E-state index is 12.9. The van der Waals surface area contributed by atoms with E-state index in [1.165, 1.54) is 24.0 Å². The van der Waals surface area contributed by atoms with Crippen LogP contribution in [-0.2, 0) is 16.6 Å². The average Bonchev–Trinajstić information content (AvgIpc) is 3.65. The lowest BCUT2D eigenvalue weighted by atomic mass is 9.95. The molecule has 4 rings (SSSR count). The zero-order valence-corrected chi connectivity index (χ0v) is 17.5. The number of hydrogen-bond acceptors (Lipinski definition) is 3. The van der Waals surface area contributed by atoms with Crippen molar-refractivity contribution in [3.8, 4) is 5.75 Å². The number of amides is 1. The van der Waals surface area contributed by atoms with Gasteiger partial charge in [-0.15, -0.1) is 0 Å². The molecule has 3 atom stereocenters. The lowest BCUT2D eigenvalue weighted by Crippen LogP contribution is -2.44. The van der Waals surface area contributed by atoms with Crippen LogP contribution in [0.4, 0.5) is 0 Å². The molecule has 2 aromatic rings. The van der Waals surface area contributed by atoms with Crippen molar-refractivity contribution in [2.75, 3.05) is 20.1 Å². The Morgan fingerprint density at radius 1 is 1.17 bits per heavy atom. The van der Waals surface area contributed by atoms with Gasteiger partial charge in [-0.05, 0) is 61.9 Å². The Labute approximate surface area is 173 Å². The van der Waals surface area contributed by atoms with Gasteiger partial charge in [0.2, 0.25) is 5.91 Å². The van der Waals surface area contributed by atoms with Crippen molar-refractivity contribution in [3.63, 3.8) is 0 Å². The number of nitrogens with zero attached hydrogens (tertiary/aromatic N) is 1. The molecular formula is C25H32N2O2. The maximum atomic E-state index is 12.9. The standard InChI is InChI=1S/C25H32N2O2/c1-25(20-6-4-3-5-7-20)15-23(25)24(29)26-16-21(27(2)17-19-8-9-19)14-18-10-12-22(28)13-11-18/h3-7,10-13,19,21,23,28H,8-9,14-17H2,1-2H3,(H,26,29)/t21?,23-,25-/m0/s1. The van der Waals surface area contributed by atoms with Gasteiger partial charge in [-0.1, -0.05) is 49.4 Å². The SMILES string of the molecule is CN(CC1CC1)C(CNC(=O)[C@@H]1C[C@@]1(C)c1ccccc1)Cc1ccc(O)cc1. The first-order chi connectivity index (χ1) is 14.0. The second-order valence-electron chi connectivity index (χ2n) is 9.19. The highest BCUT2D eigenvalue weighted by Gasteiger charge is 2.55. The van der Waals surface area contributed by atoms with Crippen molar-refractivity contribution in [3.05, 3.63) is 65.7 Å². The molecule has 0 saturated heterocycles. The third-order valence-corrected chi connectivity index (χ3v) is 6.77. The first-order valence-electron chi connectivity index (χ1n) is 10.8. The number of phenolic OH excluding ortho intramolecular Hbond substituents is 1. The van der Waals surface area contributed by atoms with E-state index in [-0.39, 0.29) is 23.3 Å². The van der Waals surface area contributed by atoms with Crippen molar-refractivity contribution in [2.24, 2.45) is 11.8 Å². The van der Waals surface area contributed by atoms with Crippen LogP contribution in [-0.4, -0.2) is 42.1 Å². The van der Waals surface area contributed by atoms with Crippen LogP contribution in [0.15, 0.2) is 54.6 Å². The van der Waals surface area contributed by atoms with Gasteiger partial charge in [0, 0.05) is 30.5 Å². The smallest absolute Gasteiger partial charge is 0.224 e. The third kappa shape index (κ3) is 4.81. The van der Waals surface area contributed by atoms with Gasteiger partial charge in [0.1, 0.15) is 5.75 Å². The number of hydrogen-bond donors (Lipinski definition) is 2. The second kappa shape index (κ2) is 8.19. The summed E-state index contributed by atoms with van der Waals surface area (Å²) < 4.78 is 0. The topological polar surface area (TPSA) is 52.6 Å². The minimum absolute atomic E-state index is 0.0300. The van der Waals surface area contributed by atoms with Crippen LogP contribution in [0.3, 0.4) is 0 Å². The van der Waals surface area contributed by atoms with Crippen molar-refractivity contribution < 1.29 is 9.90 Å². The lowest BCUT2D eigenvalue weighted by molar-refractivity contribution is -0.122. The number of likely N-dealkylation sites (N-methyl/N-ethyl adjacent to an activating group) is 1. The summed E-state index contributed by atoms with van der Waals surface area (Å²) in [6.45, 7) is 3.94. The third-order valence-electron chi connectivity index (χ3n) is 6.77. The number of benzene rings is 2. The molecule has 2 aromatic carbocycles.